The molecular formula is C23H23N3O3. The van der Waals surface area contributed by atoms with E-state index < -0.39 is 0 Å². The van der Waals surface area contributed by atoms with Crippen LogP contribution < -0.4 is 15.0 Å². The molecule has 0 fully saturated rings. The summed E-state index contributed by atoms with van der Waals surface area (Å²) < 4.78 is 5.39. The van der Waals surface area contributed by atoms with Crippen LogP contribution in [0, 0.1) is 0 Å². The minimum absolute atomic E-state index is 0.175. The van der Waals surface area contributed by atoms with Crippen molar-refractivity contribution in [2.75, 3.05) is 23.4 Å². The maximum absolute atomic E-state index is 12.9. The molecule has 0 aliphatic rings. The van der Waals surface area contributed by atoms with Gasteiger partial charge < -0.3 is 15.0 Å². The topological polar surface area (TPSA) is 71.5 Å². The van der Waals surface area contributed by atoms with Crippen molar-refractivity contribution in [2.24, 2.45) is 0 Å². The molecular weight excluding hydrogens is 366 g/mol. The Kier molecular flexibility index (Phi) is 6.58. The molecule has 0 saturated heterocycles. The van der Waals surface area contributed by atoms with Gasteiger partial charge in [-0.1, -0.05) is 24.3 Å². The van der Waals surface area contributed by atoms with Crippen LogP contribution in [0.2, 0.25) is 0 Å². The molecule has 0 radical (unpaired) electrons. The molecule has 0 spiro atoms. The van der Waals surface area contributed by atoms with E-state index in [-0.39, 0.29) is 23.2 Å². The van der Waals surface area contributed by atoms with Gasteiger partial charge in [-0.25, -0.2) is 4.98 Å². The number of ether oxygens (including phenoxy) is 1. The van der Waals surface area contributed by atoms with Gasteiger partial charge in [0.15, 0.2) is 0 Å². The zero-order chi connectivity index (χ0) is 20.6. The number of nitrogens with one attached hydrogen (secondary N) is 1. The summed E-state index contributed by atoms with van der Waals surface area (Å²) >= 11 is 0. The van der Waals surface area contributed by atoms with Crippen molar-refractivity contribution in [3.8, 4) is 5.75 Å². The fourth-order valence-corrected chi connectivity index (χ4v) is 2.87. The van der Waals surface area contributed by atoms with E-state index in [0.717, 1.165) is 11.4 Å². The maximum atomic E-state index is 12.9. The summed E-state index contributed by atoms with van der Waals surface area (Å²) in [5, 5.41) is 2.79. The summed E-state index contributed by atoms with van der Waals surface area (Å²) in [6, 6.07) is 21.3. The van der Waals surface area contributed by atoms with Gasteiger partial charge in [0.2, 0.25) is 0 Å². The fourth-order valence-electron chi connectivity index (χ4n) is 2.87. The number of carbonyl (C=O) groups is 2. The number of benzene rings is 2. The van der Waals surface area contributed by atoms with E-state index in [1.165, 1.54) is 0 Å². The molecule has 0 bridgehead atoms. The number of hydrogen-bond acceptors (Lipinski definition) is 4. The van der Waals surface area contributed by atoms with Gasteiger partial charge in [-0.2, -0.15) is 0 Å². The molecule has 29 heavy (non-hydrogen) atoms. The molecule has 1 heterocycles. The van der Waals surface area contributed by atoms with Crippen LogP contribution in [0.25, 0.3) is 0 Å². The standard InChI is InChI=1S/C23H23N3O3/c1-3-26(18-9-6-5-7-10-18)23(28)21-12-8-11-20(25-21)22(27)24-17-13-15-19(16-14-17)29-4-2/h5-16H,3-4H2,1-2H3,(H,24,27). The first-order chi connectivity index (χ1) is 14.1. The third-order valence-corrected chi connectivity index (χ3v) is 4.25. The van der Waals surface area contributed by atoms with E-state index in [2.05, 4.69) is 10.3 Å². The maximum Gasteiger partial charge on any atom is 0.276 e. The van der Waals surface area contributed by atoms with Gasteiger partial charge in [-0.15, -0.1) is 0 Å². The molecule has 148 valence electrons. The molecule has 3 rings (SSSR count). The van der Waals surface area contributed by atoms with Crippen LogP contribution in [-0.2, 0) is 0 Å². The highest BCUT2D eigenvalue weighted by atomic mass is 16.5. The molecule has 1 N–H and O–H groups in total. The third kappa shape index (κ3) is 4.99. The largest absolute Gasteiger partial charge is 0.494 e. The Bertz CT molecular complexity index is 972. The molecule has 0 aliphatic carbocycles. The zero-order valence-electron chi connectivity index (χ0n) is 16.5. The van der Waals surface area contributed by atoms with Gasteiger partial charge in [0, 0.05) is 17.9 Å². The molecule has 1 aromatic heterocycles. The predicted molar refractivity (Wildman–Crippen MR) is 114 cm³/mol. The van der Waals surface area contributed by atoms with Crippen molar-refractivity contribution < 1.29 is 14.3 Å². The van der Waals surface area contributed by atoms with Crippen molar-refractivity contribution in [3.05, 3.63) is 84.2 Å². The first-order valence-corrected chi connectivity index (χ1v) is 9.50. The van der Waals surface area contributed by atoms with E-state index in [1.807, 2.05) is 44.2 Å². The Labute approximate surface area is 170 Å². The second kappa shape index (κ2) is 9.50. The van der Waals surface area contributed by atoms with Crippen molar-refractivity contribution in [1.82, 2.24) is 4.98 Å². The highest BCUT2D eigenvalue weighted by Gasteiger charge is 2.19. The molecule has 6 nitrogen and oxygen atoms in total. The number of anilines is 2. The van der Waals surface area contributed by atoms with Gasteiger partial charge in [0.25, 0.3) is 11.8 Å². The SMILES string of the molecule is CCOc1ccc(NC(=O)c2cccc(C(=O)N(CC)c3ccccc3)n2)cc1. The summed E-state index contributed by atoms with van der Waals surface area (Å²) in [5.41, 5.74) is 1.80. The van der Waals surface area contributed by atoms with E-state index in [4.69, 9.17) is 4.74 Å². The lowest BCUT2D eigenvalue weighted by molar-refractivity contribution is 0.0983. The van der Waals surface area contributed by atoms with E-state index in [1.54, 1.807) is 47.4 Å². The number of para-hydroxylation sites is 1. The number of hydrogen-bond donors (Lipinski definition) is 1. The van der Waals surface area contributed by atoms with Crippen LogP contribution in [0.5, 0.6) is 5.75 Å². The lowest BCUT2D eigenvalue weighted by Crippen LogP contribution is -2.31. The Morgan fingerprint density at radius 1 is 0.897 bits per heavy atom. The predicted octanol–water partition coefficient (Wildman–Crippen LogP) is 4.40. The van der Waals surface area contributed by atoms with Crippen LogP contribution in [0.4, 0.5) is 11.4 Å². The van der Waals surface area contributed by atoms with E-state index in [9.17, 15) is 9.59 Å². The highest BCUT2D eigenvalue weighted by Crippen LogP contribution is 2.18. The van der Waals surface area contributed by atoms with Crippen molar-refractivity contribution in [2.45, 2.75) is 13.8 Å². The molecule has 3 aromatic rings. The molecule has 2 aromatic carbocycles. The number of amides is 2. The van der Waals surface area contributed by atoms with E-state index >= 15 is 0 Å². The summed E-state index contributed by atoms with van der Waals surface area (Å²) in [7, 11) is 0. The van der Waals surface area contributed by atoms with Crippen LogP contribution in [0.1, 0.15) is 34.8 Å². The first-order valence-electron chi connectivity index (χ1n) is 9.50. The van der Waals surface area contributed by atoms with Gasteiger partial charge in [-0.3, -0.25) is 9.59 Å². The van der Waals surface area contributed by atoms with Crippen molar-refractivity contribution in [3.63, 3.8) is 0 Å². The number of aromatic nitrogens is 1. The minimum Gasteiger partial charge on any atom is -0.494 e. The average Bonchev–Trinajstić information content (AvgIpc) is 2.76. The van der Waals surface area contributed by atoms with Gasteiger partial charge in [0.1, 0.15) is 17.1 Å². The third-order valence-electron chi connectivity index (χ3n) is 4.25. The molecule has 0 aliphatic heterocycles. The average molecular weight is 389 g/mol. The summed E-state index contributed by atoms with van der Waals surface area (Å²) in [6.45, 7) is 4.88. The zero-order valence-corrected chi connectivity index (χ0v) is 16.5. The van der Waals surface area contributed by atoms with Gasteiger partial charge >= 0.3 is 0 Å². The summed E-state index contributed by atoms with van der Waals surface area (Å²) in [5.74, 6) is 0.0952. The molecule has 0 saturated carbocycles. The Hall–Kier alpha value is -3.67. The van der Waals surface area contributed by atoms with Crippen molar-refractivity contribution >= 4 is 23.2 Å². The molecule has 0 unspecified atom stereocenters. The summed E-state index contributed by atoms with van der Waals surface area (Å²) in [4.78, 5) is 31.4. The second-order valence-corrected chi connectivity index (χ2v) is 6.20. The van der Waals surface area contributed by atoms with Gasteiger partial charge in [-0.05, 0) is 62.4 Å². The van der Waals surface area contributed by atoms with E-state index in [0.29, 0.717) is 18.8 Å². The van der Waals surface area contributed by atoms with Crippen LogP contribution >= 0.6 is 0 Å². The fraction of sp³-hybridized carbons (Fsp3) is 0.174. The smallest absolute Gasteiger partial charge is 0.276 e. The Morgan fingerprint density at radius 3 is 2.24 bits per heavy atom. The normalized spacial score (nSPS) is 10.3. The minimum atomic E-state index is -0.383. The van der Waals surface area contributed by atoms with Crippen molar-refractivity contribution in [1.29, 1.82) is 0 Å². The molecule has 0 atom stereocenters. The number of pyridine rings is 1. The quantitative estimate of drug-likeness (QED) is 0.650. The lowest BCUT2D eigenvalue weighted by atomic mass is 10.2. The Morgan fingerprint density at radius 2 is 1.59 bits per heavy atom. The summed E-state index contributed by atoms with van der Waals surface area (Å²) in [6.07, 6.45) is 0. The first kappa shape index (κ1) is 20.1. The van der Waals surface area contributed by atoms with Crippen LogP contribution in [0.15, 0.2) is 72.8 Å². The number of carbonyl (C=O) groups excluding carboxylic acids is 2. The Balaban J connectivity index is 1.76. The molecule has 6 heteroatoms. The molecule has 2 amide bonds. The van der Waals surface area contributed by atoms with Crippen LogP contribution in [0.3, 0.4) is 0 Å². The number of rotatable bonds is 7. The monoisotopic (exact) mass is 389 g/mol. The van der Waals surface area contributed by atoms with Gasteiger partial charge in [0.05, 0.1) is 6.61 Å². The highest BCUT2D eigenvalue weighted by molar-refractivity contribution is 6.07. The number of nitrogens with zero attached hydrogens (tertiary/aromatic N) is 2. The van der Waals surface area contributed by atoms with Crippen LogP contribution in [-0.4, -0.2) is 29.9 Å². The lowest BCUT2D eigenvalue weighted by Gasteiger charge is -2.20. The second-order valence-electron chi connectivity index (χ2n) is 6.20.